The van der Waals surface area contributed by atoms with Crippen molar-refractivity contribution < 1.29 is 9.47 Å². The zero-order valence-corrected chi connectivity index (χ0v) is 12.6. The summed E-state index contributed by atoms with van der Waals surface area (Å²) in [6, 6.07) is 9.00. The Morgan fingerprint density at radius 2 is 1.63 bits per heavy atom. The summed E-state index contributed by atoms with van der Waals surface area (Å²) in [6.45, 7) is 10.6. The third kappa shape index (κ3) is 6.19. The Kier molecular flexibility index (Phi) is 7.72. The Hall–Kier alpha value is -0.900. The van der Waals surface area contributed by atoms with Crippen molar-refractivity contribution in [1.82, 2.24) is 5.32 Å². The van der Waals surface area contributed by atoms with E-state index in [0.29, 0.717) is 19.3 Å². The molecule has 0 aliphatic rings. The molecule has 1 aromatic rings. The van der Waals surface area contributed by atoms with Crippen molar-refractivity contribution in [2.24, 2.45) is 0 Å². The van der Waals surface area contributed by atoms with Crippen molar-refractivity contribution in [2.75, 3.05) is 19.8 Å². The van der Waals surface area contributed by atoms with E-state index in [-0.39, 0.29) is 6.29 Å². The maximum Gasteiger partial charge on any atom is 0.158 e. The van der Waals surface area contributed by atoms with Gasteiger partial charge < -0.3 is 14.8 Å². The van der Waals surface area contributed by atoms with Crippen molar-refractivity contribution in [3.63, 3.8) is 0 Å². The van der Waals surface area contributed by atoms with Gasteiger partial charge in [0.15, 0.2) is 6.29 Å². The van der Waals surface area contributed by atoms with E-state index in [1.54, 1.807) is 0 Å². The van der Waals surface area contributed by atoms with E-state index in [0.717, 1.165) is 13.0 Å². The van der Waals surface area contributed by atoms with Crippen LogP contribution in [-0.2, 0) is 9.47 Å². The minimum atomic E-state index is -0.0901. The van der Waals surface area contributed by atoms with Crippen LogP contribution in [0.1, 0.15) is 44.4 Å². The number of hydrogen-bond donors (Lipinski definition) is 1. The maximum absolute atomic E-state index is 5.52. The van der Waals surface area contributed by atoms with Crippen LogP contribution in [0.2, 0.25) is 0 Å². The first-order valence-electron chi connectivity index (χ1n) is 7.20. The molecule has 0 aliphatic heterocycles. The second-order valence-corrected chi connectivity index (χ2v) is 4.72. The number of rotatable bonds is 9. The second kappa shape index (κ2) is 9.08. The van der Waals surface area contributed by atoms with Gasteiger partial charge in [-0.05, 0) is 33.3 Å². The van der Waals surface area contributed by atoms with Gasteiger partial charge in [-0.1, -0.05) is 29.8 Å². The maximum atomic E-state index is 5.52. The predicted molar refractivity (Wildman–Crippen MR) is 79.3 cm³/mol. The van der Waals surface area contributed by atoms with Crippen LogP contribution in [0.4, 0.5) is 0 Å². The van der Waals surface area contributed by atoms with Gasteiger partial charge in [0.1, 0.15) is 0 Å². The molecule has 1 aromatic carbocycles. The monoisotopic (exact) mass is 265 g/mol. The summed E-state index contributed by atoms with van der Waals surface area (Å²) in [5, 5.41) is 3.51. The van der Waals surface area contributed by atoms with Gasteiger partial charge in [0.05, 0.1) is 0 Å². The van der Waals surface area contributed by atoms with Gasteiger partial charge in [0, 0.05) is 32.2 Å². The molecule has 0 bridgehead atoms. The van der Waals surface area contributed by atoms with Gasteiger partial charge in [0.25, 0.3) is 0 Å². The number of benzene rings is 1. The molecular formula is C16H27NO2. The molecule has 0 saturated carbocycles. The molecule has 1 atom stereocenters. The molecule has 0 aromatic heterocycles. The zero-order chi connectivity index (χ0) is 14.1. The van der Waals surface area contributed by atoms with Gasteiger partial charge in [-0.25, -0.2) is 0 Å². The van der Waals surface area contributed by atoms with Crippen LogP contribution in [0.25, 0.3) is 0 Å². The Morgan fingerprint density at radius 3 is 2.16 bits per heavy atom. The average molecular weight is 265 g/mol. The first kappa shape index (κ1) is 16.2. The first-order valence-corrected chi connectivity index (χ1v) is 7.20. The summed E-state index contributed by atoms with van der Waals surface area (Å²) in [4.78, 5) is 0. The Bertz CT molecular complexity index is 331. The highest BCUT2D eigenvalue weighted by Gasteiger charge is 2.09. The van der Waals surface area contributed by atoms with Crippen LogP contribution in [0.3, 0.4) is 0 Å². The third-order valence-corrected chi connectivity index (χ3v) is 3.11. The molecule has 19 heavy (non-hydrogen) atoms. The highest BCUT2D eigenvalue weighted by atomic mass is 16.7. The van der Waals surface area contributed by atoms with Gasteiger partial charge in [-0.15, -0.1) is 0 Å². The number of aryl methyl sites for hydroxylation is 1. The fraction of sp³-hybridized carbons (Fsp3) is 0.625. The van der Waals surface area contributed by atoms with Crippen LogP contribution in [-0.4, -0.2) is 26.0 Å². The summed E-state index contributed by atoms with van der Waals surface area (Å²) >= 11 is 0. The summed E-state index contributed by atoms with van der Waals surface area (Å²) in [5.74, 6) is 0. The van der Waals surface area contributed by atoms with Crippen LogP contribution in [0, 0.1) is 6.92 Å². The standard InChI is InChI=1S/C16H27NO2/c1-5-18-16(19-6-2)11-12-17-14(4)15-9-7-13(3)8-10-15/h7-10,14,16-17H,5-6,11-12H2,1-4H3/t14-/m1/s1. The third-order valence-electron chi connectivity index (χ3n) is 3.11. The molecule has 0 fully saturated rings. The highest BCUT2D eigenvalue weighted by molar-refractivity contribution is 5.23. The molecule has 0 spiro atoms. The molecule has 0 heterocycles. The molecule has 0 aliphatic carbocycles. The van der Waals surface area contributed by atoms with Crippen molar-refractivity contribution in [3.8, 4) is 0 Å². The summed E-state index contributed by atoms with van der Waals surface area (Å²) < 4.78 is 11.0. The molecule has 0 saturated heterocycles. The largest absolute Gasteiger partial charge is 0.353 e. The molecule has 1 N–H and O–H groups in total. The molecular weight excluding hydrogens is 238 g/mol. The van der Waals surface area contributed by atoms with Gasteiger partial charge in [0.2, 0.25) is 0 Å². The molecule has 3 nitrogen and oxygen atoms in total. The van der Waals surface area contributed by atoms with Crippen molar-refractivity contribution in [1.29, 1.82) is 0 Å². The van der Waals surface area contributed by atoms with Crippen LogP contribution in [0.15, 0.2) is 24.3 Å². The fourth-order valence-electron chi connectivity index (χ4n) is 1.98. The predicted octanol–water partition coefficient (Wildman–Crippen LogP) is 3.43. The molecule has 0 amide bonds. The topological polar surface area (TPSA) is 30.5 Å². The van der Waals surface area contributed by atoms with E-state index in [1.165, 1.54) is 11.1 Å². The minimum absolute atomic E-state index is 0.0901. The van der Waals surface area contributed by atoms with E-state index < -0.39 is 0 Å². The van der Waals surface area contributed by atoms with Crippen LogP contribution in [0.5, 0.6) is 0 Å². The number of ether oxygens (including phenoxy) is 2. The average Bonchev–Trinajstić information content (AvgIpc) is 2.40. The number of nitrogens with one attached hydrogen (secondary N) is 1. The van der Waals surface area contributed by atoms with E-state index >= 15 is 0 Å². The SMILES string of the molecule is CCOC(CCN[C@H](C)c1ccc(C)cc1)OCC. The lowest BCUT2D eigenvalue weighted by atomic mass is 10.1. The normalized spacial score (nSPS) is 12.9. The smallest absolute Gasteiger partial charge is 0.158 e. The Balaban J connectivity index is 2.32. The minimum Gasteiger partial charge on any atom is -0.353 e. The number of hydrogen-bond acceptors (Lipinski definition) is 3. The Labute approximate surface area is 117 Å². The van der Waals surface area contributed by atoms with Crippen LogP contribution < -0.4 is 5.32 Å². The molecule has 3 heteroatoms. The fourth-order valence-corrected chi connectivity index (χ4v) is 1.98. The van der Waals surface area contributed by atoms with Crippen molar-refractivity contribution >= 4 is 0 Å². The lowest BCUT2D eigenvalue weighted by molar-refractivity contribution is -0.138. The quantitative estimate of drug-likeness (QED) is 0.694. The van der Waals surface area contributed by atoms with Crippen molar-refractivity contribution in [2.45, 2.75) is 46.4 Å². The Morgan fingerprint density at radius 1 is 1.05 bits per heavy atom. The summed E-state index contributed by atoms with van der Waals surface area (Å²) in [5.41, 5.74) is 2.61. The van der Waals surface area contributed by atoms with Crippen molar-refractivity contribution in [3.05, 3.63) is 35.4 Å². The first-order chi connectivity index (χ1) is 9.17. The molecule has 0 unspecified atom stereocenters. The highest BCUT2D eigenvalue weighted by Crippen LogP contribution is 2.13. The molecule has 108 valence electrons. The lowest BCUT2D eigenvalue weighted by Gasteiger charge is -2.19. The van der Waals surface area contributed by atoms with E-state index in [2.05, 4.69) is 43.4 Å². The van der Waals surface area contributed by atoms with Crippen LogP contribution >= 0.6 is 0 Å². The molecule has 1 rings (SSSR count). The summed E-state index contributed by atoms with van der Waals surface area (Å²) in [7, 11) is 0. The second-order valence-electron chi connectivity index (χ2n) is 4.72. The zero-order valence-electron chi connectivity index (χ0n) is 12.6. The van der Waals surface area contributed by atoms with E-state index in [4.69, 9.17) is 9.47 Å². The lowest BCUT2D eigenvalue weighted by Crippen LogP contribution is -2.26. The molecule has 0 radical (unpaired) electrons. The van der Waals surface area contributed by atoms with Gasteiger partial charge in [-0.3, -0.25) is 0 Å². The van der Waals surface area contributed by atoms with Gasteiger partial charge >= 0.3 is 0 Å². The summed E-state index contributed by atoms with van der Waals surface area (Å²) in [6.07, 6.45) is 0.783. The van der Waals surface area contributed by atoms with Gasteiger partial charge in [-0.2, -0.15) is 0 Å². The van der Waals surface area contributed by atoms with E-state index in [9.17, 15) is 0 Å². The van der Waals surface area contributed by atoms with E-state index in [1.807, 2.05) is 13.8 Å².